The first-order chi connectivity index (χ1) is 4.88. The van der Waals surface area contributed by atoms with Crippen LogP contribution in [0.15, 0.2) is 16.3 Å². The van der Waals surface area contributed by atoms with Gasteiger partial charge in [-0.2, -0.15) is 5.10 Å². The molecule has 0 spiro atoms. The van der Waals surface area contributed by atoms with E-state index in [1.807, 2.05) is 0 Å². The Morgan fingerprint density at radius 2 is 2.60 bits per heavy atom. The molecule has 0 atom stereocenters. The summed E-state index contributed by atoms with van der Waals surface area (Å²) >= 11 is 0. The van der Waals surface area contributed by atoms with E-state index in [2.05, 4.69) is 27.1 Å². The van der Waals surface area contributed by atoms with Crippen LogP contribution >= 0.6 is 0 Å². The number of aliphatic imine (C=N–C) groups is 1. The maximum absolute atomic E-state index is 3.92. The van der Waals surface area contributed by atoms with Gasteiger partial charge in [-0.3, -0.25) is 0 Å². The van der Waals surface area contributed by atoms with Gasteiger partial charge >= 0.3 is 0 Å². The van der Waals surface area contributed by atoms with Crippen LogP contribution in [0.2, 0.25) is 0 Å². The Bertz CT molecular complexity index is 248. The lowest BCUT2D eigenvalue weighted by Gasteiger charge is -1.88. The van der Waals surface area contributed by atoms with Crippen LogP contribution in [0.1, 0.15) is 6.92 Å². The molecule has 0 aromatic carbocycles. The normalized spacial score (nSPS) is 10.5. The molecular weight excluding hydrogens is 130 g/mol. The second-order valence-corrected chi connectivity index (χ2v) is 1.51. The lowest BCUT2D eigenvalue weighted by molar-refractivity contribution is 0.702. The molecular formula is C5H7N5. The monoisotopic (exact) mass is 137 g/mol. The molecule has 5 heteroatoms. The van der Waals surface area contributed by atoms with E-state index < -0.39 is 0 Å². The van der Waals surface area contributed by atoms with Gasteiger partial charge in [-0.05, 0) is 12.1 Å². The fourth-order valence-corrected chi connectivity index (χ4v) is 0.542. The van der Waals surface area contributed by atoms with Crippen molar-refractivity contribution in [2.45, 2.75) is 6.92 Å². The van der Waals surface area contributed by atoms with Crippen molar-refractivity contribution in [1.29, 1.82) is 0 Å². The molecule has 0 amide bonds. The minimum atomic E-state index is 0.581. The highest BCUT2D eigenvalue weighted by Crippen LogP contribution is 2.05. The summed E-state index contributed by atoms with van der Waals surface area (Å²) in [4.78, 5) is 5.17. The van der Waals surface area contributed by atoms with E-state index in [1.54, 1.807) is 13.1 Å². The molecule has 0 fully saturated rings. The van der Waals surface area contributed by atoms with E-state index in [0.717, 1.165) is 0 Å². The summed E-state index contributed by atoms with van der Waals surface area (Å²) in [6.07, 6.45) is 3.15. The molecule has 52 valence electrons. The molecule has 0 aliphatic rings. The Balaban J connectivity index is 3.00. The zero-order valence-corrected chi connectivity index (χ0v) is 5.60. The Hall–Kier alpha value is -1.52. The highest BCUT2D eigenvalue weighted by Gasteiger charge is 1.95. The van der Waals surface area contributed by atoms with Gasteiger partial charge in [0, 0.05) is 12.9 Å². The molecule has 1 rings (SSSR count). The molecule has 0 aliphatic carbocycles. The zero-order chi connectivity index (χ0) is 7.40. The third-order valence-corrected chi connectivity index (χ3v) is 0.910. The number of nitrogens with zero attached hydrogens (tertiary/aromatic N) is 5. The Labute approximate surface area is 58.1 Å². The number of aromatic nitrogens is 3. The molecule has 0 N–H and O–H groups in total. The number of hydrogen-bond donors (Lipinski definition) is 0. The predicted octanol–water partition coefficient (Wildman–Crippen LogP) is 0.464. The highest BCUT2D eigenvalue weighted by atomic mass is 15.6. The van der Waals surface area contributed by atoms with Crippen LogP contribution in [0.5, 0.6) is 0 Å². The second kappa shape index (κ2) is 2.86. The van der Waals surface area contributed by atoms with Gasteiger partial charge in [-0.15, -0.1) is 9.89 Å². The van der Waals surface area contributed by atoms with Crippen LogP contribution < -0.4 is 0 Å². The molecule has 0 unspecified atom stereocenters. The molecule has 1 aromatic rings. The van der Waals surface area contributed by atoms with Crippen molar-refractivity contribution < 1.29 is 0 Å². The number of rotatable bonds is 2. The van der Waals surface area contributed by atoms with Gasteiger partial charge in [0.05, 0.1) is 6.20 Å². The standard InChI is InChI=1S/C5H7N5/c1-3-7-5-4-8-9-10(5)6-2/h3-4H,2H2,1H3/b7-3-. The van der Waals surface area contributed by atoms with Crippen molar-refractivity contribution in [3.63, 3.8) is 0 Å². The van der Waals surface area contributed by atoms with Crippen LogP contribution in [0.4, 0.5) is 5.82 Å². The van der Waals surface area contributed by atoms with Gasteiger partial charge in [-0.25, -0.2) is 4.99 Å². The lowest BCUT2D eigenvalue weighted by atomic mass is 10.7. The smallest absolute Gasteiger partial charge is 0.196 e. The van der Waals surface area contributed by atoms with E-state index in [9.17, 15) is 0 Å². The minimum Gasteiger partial charge on any atom is -0.239 e. The summed E-state index contributed by atoms with van der Waals surface area (Å²) in [5.74, 6) is 0.581. The first-order valence-electron chi connectivity index (χ1n) is 2.75. The maximum atomic E-state index is 3.92. The van der Waals surface area contributed by atoms with E-state index in [1.165, 1.54) is 11.0 Å². The summed E-state index contributed by atoms with van der Waals surface area (Å²) in [6.45, 7) is 5.09. The SMILES string of the molecule is C=Nn1nncc1/N=C\C. The summed E-state index contributed by atoms with van der Waals surface area (Å²) in [5, 5.41) is 10.7. The molecule has 0 saturated carbocycles. The van der Waals surface area contributed by atoms with Crippen molar-refractivity contribution >= 4 is 18.7 Å². The molecule has 0 bridgehead atoms. The molecule has 5 nitrogen and oxygen atoms in total. The van der Waals surface area contributed by atoms with Crippen molar-refractivity contribution in [2.24, 2.45) is 10.1 Å². The molecule has 0 aliphatic heterocycles. The molecule has 10 heavy (non-hydrogen) atoms. The van der Waals surface area contributed by atoms with Crippen LogP contribution in [-0.2, 0) is 0 Å². The van der Waals surface area contributed by atoms with Gasteiger partial charge in [0.2, 0.25) is 0 Å². The van der Waals surface area contributed by atoms with Gasteiger partial charge in [0.25, 0.3) is 0 Å². The van der Waals surface area contributed by atoms with Crippen LogP contribution in [0, 0.1) is 0 Å². The first kappa shape index (κ1) is 6.60. The number of hydrogen-bond acceptors (Lipinski definition) is 4. The average molecular weight is 137 g/mol. The Morgan fingerprint density at radius 3 is 3.20 bits per heavy atom. The van der Waals surface area contributed by atoms with Gasteiger partial charge in [0.15, 0.2) is 5.82 Å². The summed E-state index contributed by atoms with van der Waals surface area (Å²) in [6, 6.07) is 0. The van der Waals surface area contributed by atoms with Gasteiger partial charge in [-0.1, -0.05) is 0 Å². The second-order valence-electron chi connectivity index (χ2n) is 1.51. The zero-order valence-electron chi connectivity index (χ0n) is 5.60. The fraction of sp³-hybridized carbons (Fsp3) is 0.200. The van der Waals surface area contributed by atoms with Crippen molar-refractivity contribution in [2.75, 3.05) is 0 Å². The Morgan fingerprint density at radius 1 is 1.80 bits per heavy atom. The van der Waals surface area contributed by atoms with E-state index in [0.29, 0.717) is 5.82 Å². The van der Waals surface area contributed by atoms with Crippen LogP contribution in [-0.4, -0.2) is 28.0 Å². The predicted molar refractivity (Wildman–Crippen MR) is 38.8 cm³/mol. The largest absolute Gasteiger partial charge is 0.239 e. The van der Waals surface area contributed by atoms with Crippen molar-refractivity contribution in [3.8, 4) is 0 Å². The molecule has 0 radical (unpaired) electrons. The molecule has 0 saturated heterocycles. The topological polar surface area (TPSA) is 55.4 Å². The minimum absolute atomic E-state index is 0.581. The summed E-state index contributed by atoms with van der Waals surface area (Å²) < 4.78 is 0. The van der Waals surface area contributed by atoms with Gasteiger partial charge in [0.1, 0.15) is 0 Å². The van der Waals surface area contributed by atoms with E-state index >= 15 is 0 Å². The highest BCUT2D eigenvalue weighted by molar-refractivity contribution is 5.58. The molecule has 1 aromatic heterocycles. The van der Waals surface area contributed by atoms with Crippen molar-refractivity contribution in [1.82, 2.24) is 15.1 Å². The van der Waals surface area contributed by atoms with Crippen LogP contribution in [0.25, 0.3) is 0 Å². The van der Waals surface area contributed by atoms with E-state index in [-0.39, 0.29) is 0 Å². The third-order valence-electron chi connectivity index (χ3n) is 0.910. The maximum Gasteiger partial charge on any atom is 0.196 e. The van der Waals surface area contributed by atoms with E-state index in [4.69, 9.17) is 0 Å². The average Bonchev–Trinajstić information content (AvgIpc) is 2.36. The lowest BCUT2D eigenvalue weighted by Crippen LogP contribution is -1.88. The third kappa shape index (κ3) is 1.07. The Kier molecular flexibility index (Phi) is 1.89. The first-order valence-corrected chi connectivity index (χ1v) is 2.75. The van der Waals surface area contributed by atoms with Crippen molar-refractivity contribution in [3.05, 3.63) is 6.20 Å². The summed E-state index contributed by atoms with van der Waals surface area (Å²) in [7, 11) is 0. The van der Waals surface area contributed by atoms with Gasteiger partial charge < -0.3 is 0 Å². The fourth-order valence-electron chi connectivity index (χ4n) is 0.542. The molecule has 1 heterocycles. The van der Waals surface area contributed by atoms with Crippen LogP contribution in [0.3, 0.4) is 0 Å². The summed E-state index contributed by atoms with van der Waals surface area (Å²) in [5.41, 5.74) is 0. The quantitative estimate of drug-likeness (QED) is 0.556.